The first-order valence-electron chi connectivity index (χ1n) is 15.5. The number of nitrogens with one attached hydrogen (secondary N) is 1. The Morgan fingerprint density at radius 2 is 1.61 bits per heavy atom. The predicted molar refractivity (Wildman–Crippen MR) is 178 cm³/mol. The molecule has 2 aromatic carbocycles. The second-order valence-electron chi connectivity index (χ2n) is 10.8. The van der Waals surface area contributed by atoms with Crippen LogP contribution in [0.25, 0.3) is 0 Å². The van der Waals surface area contributed by atoms with Crippen molar-refractivity contribution in [1.29, 1.82) is 0 Å². The Labute approximate surface area is 270 Å². The first kappa shape index (κ1) is 38.1. The van der Waals surface area contributed by atoms with Crippen molar-refractivity contribution < 1.29 is 32.1 Å². The molecule has 250 valence electrons. The second kappa shape index (κ2) is 20.8. The lowest BCUT2D eigenvalue weighted by Gasteiger charge is -2.22. The molecule has 0 aliphatic heterocycles. The number of ether oxygens (including phenoxy) is 2. The van der Waals surface area contributed by atoms with Crippen molar-refractivity contribution in [3.63, 3.8) is 0 Å². The molecule has 0 bridgehead atoms. The fraction of sp³-hybridized carbons (Fsp3) is 0.378. The number of rotatable bonds is 17. The van der Waals surface area contributed by atoms with E-state index in [-0.39, 0.29) is 12.0 Å². The number of halogens is 4. The number of allylic oxidation sites excluding steroid dienone is 5. The minimum Gasteiger partial charge on any atom is -0.431 e. The third kappa shape index (κ3) is 13.1. The summed E-state index contributed by atoms with van der Waals surface area (Å²) in [7, 11) is 0. The largest absolute Gasteiger partial charge is 0.431 e. The fourth-order valence-corrected chi connectivity index (χ4v) is 4.64. The van der Waals surface area contributed by atoms with Gasteiger partial charge in [0, 0.05) is 18.7 Å². The van der Waals surface area contributed by atoms with E-state index >= 15 is 0 Å². The maximum atomic E-state index is 13.1. The number of anilines is 1. The van der Waals surface area contributed by atoms with Crippen molar-refractivity contribution >= 4 is 5.82 Å². The van der Waals surface area contributed by atoms with Crippen LogP contribution in [0.4, 0.5) is 23.4 Å². The van der Waals surface area contributed by atoms with Crippen LogP contribution >= 0.6 is 0 Å². The van der Waals surface area contributed by atoms with Crippen LogP contribution in [-0.4, -0.2) is 29.9 Å². The van der Waals surface area contributed by atoms with E-state index in [0.717, 1.165) is 36.0 Å². The van der Waals surface area contributed by atoms with Crippen molar-refractivity contribution in [3.05, 3.63) is 120 Å². The summed E-state index contributed by atoms with van der Waals surface area (Å²) in [6.45, 7) is 5.83. The van der Waals surface area contributed by atoms with Crippen LogP contribution in [0.1, 0.15) is 82.0 Å². The number of aliphatic hydroxyl groups is 1. The van der Waals surface area contributed by atoms with Gasteiger partial charge in [-0.15, -0.1) is 0 Å². The van der Waals surface area contributed by atoms with Gasteiger partial charge in [0.05, 0.1) is 6.04 Å². The first-order valence-corrected chi connectivity index (χ1v) is 15.5. The number of nitrogens with zero attached hydrogens (tertiary/aromatic N) is 1. The molecule has 0 saturated carbocycles. The minimum absolute atomic E-state index is 0.0913. The quantitative estimate of drug-likeness (QED) is 0.113. The van der Waals surface area contributed by atoms with Gasteiger partial charge in [-0.3, -0.25) is 0 Å². The molecule has 2 N–H and O–H groups in total. The topological polar surface area (TPSA) is 63.6 Å². The number of aliphatic hydroxyl groups excluding tert-OH is 1. The molecular weight excluding hydrogens is 596 g/mol. The molecule has 5 nitrogen and oxygen atoms in total. The zero-order chi connectivity index (χ0) is 33.9. The predicted octanol–water partition coefficient (Wildman–Crippen LogP) is 10.5. The van der Waals surface area contributed by atoms with Gasteiger partial charge < -0.3 is 19.9 Å². The van der Waals surface area contributed by atoms with Gasteiger partial charge in [-0.1, -0.05) is 107 Å². The molecule has 3 unspecified atom stereocenters. The average Bonchev–Trinajstić information content (AvgIpc) is 3.04. The second-order valence-corrected chi connectivity index (χ2v) is 10.8. The molecule has 3 rings (SSSR count). The molecule has 3 aromatic rings. The molecular formula is C37H46F4N2O3. The van der Waals surface area contributed by atoms with Gasteiger partial charge in [-0.05, 0) is 66.1 Å². The Morgan fingerprint density at radius 3 is 2.13 bits per heavy atom. The van der Waals surface area contributed by atoms with E-state index in [2.05, 4.69) is 52.3 Å². The van der Waals surface area contributed by atoms with E-state index in [1.807, 2.05) is 62.4 Å². The number of aromatic nitrogens is 1. The monoisotopic (exact) mass is 642 g/mol. The van der Waals surface area contributed by atoms with Gasteiger partial charge in [0.1, 0.15) is 5.82 Å². The summed E-state index contributed by atoms with van der Waals surface area (Å²) in [4.78, 5) is 4.66. The van der Waals surface area contributed by atoms with E-state index in [4.69, 9.17) is 5.11 Å². The summed E-state index contributed by atoms with van der Waals surface area (Å²) in [5.41, 5.74) is 3.48. The molecule has 0 fully saturated rings. The summed E-state index contributed by atoms with van der Waals surface area (Å²) in [6.07, 6.45) is 12.5. The number of benzene rings is 2. The number of pyridine rings is 1. The molecule has 0 amide bonds. The van der Waals surface area contributed by atoms with Crippen LogP contribution in [0.2, 0.25) is 0 Å². The van der Waals surface area contributed by atoms with Crippen LogP contribution in [0.5, 0.6) is 11.5 Å². The highest BCUT2D eigenvalue weighted by Crippen LogP contribution is 2.38. The molecule has 1 aromatic heterocycles. The third-order valence-corrected chi connectivity index (χ3v) is 7.25. The Balaban J connectivity index is 0.00000112. The average molecular weight is 643 g/mol. The highest BCUT2D eigenvalue weighted by atomic mass is 19.3. The van der Waals surface area contributed by atoms with Crippen LogP contribution in [-0.2, 0) is 0 Å². The Kier molecular flexibility index (Phi) is 17.2. The van der Waals surface area contributed by atoms with Crippen molar-refractivity contribution in [1.82, 2.24) is 4.98 Å². The lowest BCUT2D eigenvalue weighted by Crippen LogP contribution is -2.12. The molecule has 0 spiro atoms. The Hall–Kier alpha value is -4.11. The lowest BCUT2D eigenvalue weighted by atomic mass is 9.86. The van der Waals surface area contributed by atoms with Crippen molar-refractivity contribution in [2.24, 2.45) is 5.92 Å². The van der Waals surface area contributed by atoms with Crippen LogP contribution in [0, 0.1) is 5.92 Å². The third-order valence-electron chi connectivity index (χ3n) is 7.25. The highest BCUT2D eigenvalue weighted by molar-refractivity contribution is 5.48. The summed E-state index contributed by atoms with van der Waals surface area (Å²) in [5, 5.41) is 11.8. The van der Waals surface area contributed by atoms with Crippen molar-refractivity contribution in [2.45, 2.75) is 78.6 Å². The normalized spacial score (nSPS) is 13.6. The first-order chi connectivity index (χ1) is 22.1. The summed E-state index contributed by atoms with van der Waals surface area (Å²) >= 11 is 0. The van der Waals surface area contributed by atoms with Crippen molar-refractivity contribution in [2.75, 3.05) is 11.9 Å². The van der Waals surface area contributed by atoms with E-state index in [1.165, 1.54) is 12.1 Å². The zero-order valence-corrected chi connectivity index (χ0v) is 27.0. The molecule has 1 heterocycles. The summed E-state index contributed by atoms with van der Waals surface area (Å²) in [6, 6.07) is 18.1. The van der Waals surface area contributed by atoms with E-state index < -0.39 is 24.7 Å². The van der Waals surface area contributed by atoms with Crippen LogP contribution < -0.4 is 14.8 Å². The van der Waals surface area contributed by atoms with Gasteiger partial charge in [0.2, 0.25) is 0 Å². The number of hydrogen-bond donors (Lipinski definition) is 2. The van der Waals surface area contributed by atoms with Gasteiger partial charge in [0.15, 0.2) is 11.5 Å². The molecule has 0 saturated heterocycles. The lowest BCUT2D eigenvalue weighted by molar-refractivity contribution is -0.0692. The standard InChI is InChI=1S/C32H34F4N2O2.C5H12O/c1-4-10-22(11-5-2)19-26(24-15-17-28(39-31(33)34)29(20-24)40-32(35)36)25-16-18-30(37-21-25)38-27(12-6-3)23-13-8-7-9-14-23;1-3-5(2)4-6/h4-5,7-11,13-18,20-21,26-27,31-32H,1,6,12,19H2,2-3H3,(H,37,38);5-6H,3-4H2,1-2H3/b11-5-,22-10+;. The SMILES string of the molecule is C=C/C=C(\C=C/C)CC(c1ccc(NC(CCC)c2ccccc2)nc1)c1ccc(OC(F)F)c(OC(F)F)c1.CCC(C)CO. The van der Waals surface area contributed by atoms with Crippen molar-refractivity contribution in [3.8, 4) is 11.5 Å². The summed E-state index contributed by atoms with van der Waals surface area (Å²) in [5.74, 6) is -0.0964. The molecule has 0 aliphatic rings. The molecule has 46 heavy (non-hydrogen) atoms. The Bertz CT molecular complexity index is 1340. The highest BCUT2D eigenvalue weighted by Gasteiger charge is 2.22. The molecule has 9 heteroatoms. The zero-order valence-electron chi connectivity index (χ0n) is 27.0. The fourth-order valence-electron chi connectivity index (χ4n) is 4.64. The Morgan fingerprint density at radius 1 is 0.935 bits per heavy atom. The molecule has 3 atom stereocenters. The van der Waals surface area contributed by atoms with E-state index in [0.29, 0.717) is 30.3 Å². The van der Waals surface area contributed by atoms with Gasteiger partial charge in [0.25, 0.3) is 0 Å². The van der Waals surface area contributed by atoms with E-state index in [9.17, 15) is 17.6 Å². The number of alkyl halides is 4. The molecule has 0 radical (unpaired) electrons. The molecule has 0 aliphatic carbocycles. The van der Waals surface area contributed by atoms with Gasteiger partial charge in [-0.25, -0.2) is 4.98 Å². The maximum Gasteiger partial charge on any atom is 0.387 e. The van der Waals surface area contributed by atoms with Crippen LogP contribution in [0.3, 0.4) is 0 Å². The maximum absolute atomic E-state index is 13.1. The van der Waals surface area contributed by atoms with Crippen LogP contribution in [0.15, 0.2) is 103 Å². The smallest absolute Gasteiger partial charge is 0.387 e. The number of hydrogen-bond acceptors (Lipinski definition) is 5. The summed E-state index contributed by atoms with van der Waals surface area (Å²) < 4.78 is 61.0. The van der Waals surface area contributed by atoms with Gasteiger partial charge in [-0.2, -0.15) is 17.6 Å². The van der Waals surface area contributed by atoms with E-state index in [1.54, 1.807) is 18.3 Å². The minimum atomic E-state index is -3.21. The van der Waals surface area contributed by atoms with Gasteiger partial charge >= 0.3 is 13.2 Å².